The molecule has 1 heterocycles. The lowest BCUT2D eigenvalue weighted by atomic mass is 9.93. The lowest BCUT2D eigenvalue weighted by molar-refractivity contribution is 0.0525. The number of carbonyl (C=O) groups excluding carboxylic acids is 1. The van der Waals surface area contributed by atoms with Crippen molar-refractivity contribution < 1.29 is 9.53 Å². The van der Waals surface area contributed by atoms with Crippen LogP contribution >= 0.6 is 15.9 Å². The summed E-state index contributed by atoms with van der Waals surface area (Å²) in [4.78, 5) is 11.5. The third kappa shape index (κ3) is 1.93. The van der Waals surface area contributed by atoms with E-state index >= 15 is 0 Å². The van der Waals surface area contributed by atoms with E-state index in [1.54, 1.807) is 13.1 Å². The second-order valence-corrected chi connectivity index (χ2v) is 4.35. The topological polar surface area (TPSA) is 44.1 Å². The zero-order valence-electron chi connectivity index (χ0n) is 8.57. The molecular weight excluding hydrogens is 260 g/mol. The Balaban J connectivity index is 2.19. The van der Waals surface area contributed by atoms with E-state index in [2.05, 4.69) is 21.0 Å². The summed E-state index contributed by atoms with van der Waals surface area (Å²) in [7, 11) is 0. The minimum absolute atomic E-state index is 0.310. The Morgan fingerprint density at radius 1 is 1.73 bits per heavy atom. The van der Waals surface area contributed by atoms with Gasteiger partial charge in [0.2, 0.25) is 0 Å². The van der Waals surface area contributed by atoms with Gasteiger partial charge in [-0.25, -0.2) is 4.79 Å². The highest BCUT2D eigenvalue weighted by Gasteiger charge is 2.25. The quantitative estimate of drug-likeness (QED) is 0.795. The molecule has 0 amide bonds. The minimum atomic E-state index is -0.310. The Hall–Kier alpha value is -0.840. The number of aromatic nitrogens is 2. The third-order valence-corrected chi connectivity index (χ3v) is 3.44. The van der Waals surface area contributed by atoms with Crippen molar-refractivity contribution in [3.63, 3.8) is 0 Å². The fourth-order valence-electron chi connectivity index (χ4n) is 1.58. The number of esters is 1. The molecule has 0 saturated heterocycles. The number of halogens is 1. The van der Waals surface area contributed by atoms with E-state index in [-0.39, 0.29) is 5.97 Å². The lowest BCUT2D eigenvalue weighted by Crippen LogP contribution is -2.18. The van der Waals surface area contributed by atoms with Gasteiger partial charge in [0.05, 0.1) is 18.8 Å². The molecule has 0 atom stereocenters. The summed E-state index contributed by atoms with van der Waals surface area (Å²) < 4.78 is 7.54. The molecule has 2 rings (SSSR count). The Morgan fingerprint density at radius 3 is 3.00 bits per heavy atom. The summed E-state index contributed by atoms with van der Waals surface area (Å²) in [6.45, 7) is 2.18. The molecule has 0 aromatic carbocycles. The SMILES string of the molecule is CCOC(=O)c1cnn(C2CCC2)c1Br. The van der Waals surface area contributed by atoms with E-state index in [0.717, 1.165) is 17.4 Å². The third-order valence-electron chi connectivity index (χ3n) is 2.65. The van der Waals surface area contributed by atoms with Crippen LogP contribution in [0.1, 0.15) is 42.6 Å². The van der Waals surface area contributed by atoms with Crippen LogP contribution in [0.3, 0.4) is 0 Å². The molecule has 4 nitrogen and oxygen atoms in total. The zero-order chi connectivity index (χ0) is 10.8. The second-order valence-electron chi connectivity index (χ2n) is 3.60. The molecule has 1 saturated carbocycles. The number of ether oxygens (including phenoxy) is 1. The molecule has 15 heavy (non-hydrogen) atoms. The van der Waals surface area contributed by atoms with Crippen molar-refractivity contribution in [2.45, 2.75) is 32.2 Å². The van der Waals surface area contributed by atoms with E-state index < -0.39 is 0 Å². The molecule has 0 unspecified atom stereocenters. The standard InChI is InChI=1S/C10H13BrN2O2/c1-2-15-10(14)8-6-12-13(9(8)11)7-4-3-5-7/h6-7H,2-5H2,1H3. The highest BCUT2D eigenvalue weighted by molar-refractivity contribution is 9.10. The van der Waals surface area contributed by atoms with Crippen molar-refractivity contribution >= 4 is 21.9 Å². The van der Waals surface area contributed by atoms with Crippen LogP contribution in [-0.4, -0.2) is 22.4 Å². The van der Waals surface area contributed by atoms with Gasteiger partial charge in [0.1, 0.15) is 10.2 Å². The molecule has 1 fully saturated rings. The fourth-order valence-corrected chi connectivity index (χ4v) is 2.22. The number of nitrogens with zero attached hydrogens (tertiary/aromatic N) is 2. The van der Waals surface area contributed by atoms with Crippen molar-refractivity contribution in [2.24, 2.45) is 0 Å². The van der Waals surface area contributed by atoms with Crippen LogP contribution in [0, 0.1) is 0 Å². The molecular formula is C10H13BrN2O2. The summed E-state index contributed by atoms with van der Waals surface area (Å²) in [5.41, 5.74) is 0.517. The van der Waals surface area contributed by atoms with E-state index in [1.165, 1.54) is 6.42 Å². The lowest BCUT2D eigenvalue weighted by Gasteiger charge is -2.26. The summed E-state index contributed by atoms with van der Waals surface area (Å²) in [6.07, 6.45) is 5.09. The van der Waals surface area contributed by atoms with Gasteiger partial charge in [-0.15, -0.1) is 0 Å². The number of carbonyl (C=O) groups is 1. The maximum atomic E-state index is 11.5. The molecule has 0 spiro atoms. The molecule has 0 aliphatic heterocycles. The van der Waals surface area contributed by atoms with Gasteiger partial charge >= 0.3 is 5.97 Å². The second kappa shape index (κ2) is 4.35. The monoisotopic (exact) mass is 272 g/mol. The van der Waals surface area contributed by atoms with Crippen molar-refractivity contribution in [3.05, 3.63) is 16.4 Å². The molecule has 1 aromatic rings. The van der Waals surface area contributed by atoms with Gasteiger partial charge in [0, 0.05) is 0 Å². The summed E-state index contributed by atoms with van der Waals surface area (Å²) >= 11 is 3.40. The average molecular weight is 273 g/mol. The summed E-state index contributed by atoms with van der Waals surface area (Å²) in [5, 5.41) is 4.21. The Bertz CT molecular complexity index is 371. The maximum absolute atomic E-state index is 11.5. The predicted molar refractivity (Wildman–Crippen MR) is 58.8 cm³/mol. The Kier molecular flexibility index (Phi) is 3.09. The first-order chi connectivity index (χ1) is 7.24. The molecule has 0 N–H and O–H groups in total. The van der Waals surface area contributed by atoms with Gasteiger partial charge in [-0.2, -0.15) is 5.10 Å². The van der Waals surface area contributed by atoms with Crippen LogP contribution in [0.2, 0.25) is 0 Å². The van der Waals surface area contributed by atoms with Gasteiger partial charge in [-0.3, -0.25) is 4.68 Å². The number of hydrogen-bond acceptors (Lipinski definition) is 3. The molecule has 82 valence electrons. The normalized spacial score (nSPS) is 16.1. The van der Waals surface area contributed by atoms with Crippen molar-refractivity contribution in [3.8, 4) is 0 Å². The highest BCUT2D eigenvalue weighted by Crippen LogP contribution is 2.34. The van der Waals surface area contributed by atoms with Crippen LogP contribution in [0.5, 0.6) is 0 Å². The van der Waals surface area contributed by atoms with Gasteiger partial charge in [0.15, 0.2) is 0 Å². The van der Waals surface area contributed by atoms with Crippen molar-refractivity contribution in [1.82, 2.24) is 9.78 Å². The van der Waals surface area contributed by atoms with Gasteiger partial charge in [0.25, 0.3) is 0 Å². The zero-order valence-corrected chi connectivity index (χ0v) is 10.2. The van der Waals surface area contributed by atoms with Crippen LogP contribution in [-0.2, 0) is 4.74 Å². The van der Waals surface area contributed by atoms with E-state index in [1.807, 2.05) is 4.68 Å². The number of rotatable bonds is 3. The largest absolute Gasteiger partial charge is 0.462 e. The molecule has 5 heteroatoms. The summed E-state index contributed by atoms with van der Waals surface area (Å²) in [5.74, 6) is -0.310. The molecule has 1 aliphatic rings. The van der Waals surface area contributed by atoms with Crippen LogP contribution in [0.25, 0.3) is 0 Å². The van der Waals surface area contributed by atoms with Crippen LogP contribution in [0.4, 0.5) is 0 Å². The first-order valence-corrected chi connectivity index (χ1v) is 5.93. The fraction of sp³-hybridized carbons (Fsp3) is 0.600. The van der Waals surface area contributed by atoms with Crippen molar-refractivity contribution in [1.29, 1.82) is 0 Å². The van der Waals surface area contributed by atoms with Crippen LogP contribution < -0.4 is 0 Å². The predicted octanol–water partition coefficient (Wildman–Crippen LogP) is 2.55. The van der Waals surface area contributed by atoms with E-state index in [9.17, 15) is 4.79 Å². The smallest absolute Gasteiger partial charge is 0.342 e. The Labute approximate surface area is 96.7 Å². The molecule has 0 radical (unpaired) electrons. The molecule has 1 aliphatic carbocycles. The summed E-state index contributed by atoms with van der Waals surface area (Å²) in [6, 6.07) is 0.447. The average Bonchev–Trinajstić information content (AvgIpc) is 2.46. The molecule has 1 aromatic heterocycles. The van der Waals surface area contributed by atoms with Gasteiger partial charge in [-0.05, 0) is 42.1 Å². The highest BCUT2D eigenvalue weighted by atomic mass is 79.9. The maximum Gasteiger partial charge on any atom is 0.342 e. The number of hydrogen-bond donors (Lipinski definition) is 0. The molecule has 0 bridgehead atoms. The van der Waals surface area contributed by atoms with Gasteiger partial charge in [-0.1, -0.05) is 0 Å². The van der Waals surface area contributed by atoms with Crippen molar-refractivity contribution in [2.75, 3.05) is 6.61 Å². The van der Waals surface area contributed by atoms with E-state index in [0.29, 0.717) is 18.2 Å². The van der Waals surface area contributed by atoms with Gasteiger partial charge < -0.3 is 4.74 Å². The first-order valence-electron chi connectivity index (χ1n) is 5.14. The van der Waals surface area contributed by atoms with E-state index in [4.69, 9.17) is 4.74 Å². The Morgan fingerprint density at radius 2 is 2.47 bits per heavy atom. The minimum Gasteiger partial charge on any atom is -0.462 e. The first kappa shape index (κ1) is 10.7. The van der Waals surface area contributed by atoms with Crippen LogP contribution in [0.15, 0.2) is 10.8 Å².